The summed E-state index contributed by atoms with van der Waals surface area (Å²) in [4.78, 5) is 16.7. The van der Waals surface area contributed by atoms with Crippen LogP contribution in [-0.4, -0.2) is 55.5 Å². The van der Waals surface area contributed by atoms with Crippen molar-refractivity contribution in [3.05, 3.63) is 58.4 Å². The van der Waals surface area contributed by atoms with E-state index in [1.165, 1.54) is 12.1 Å². The summed E-state index contributed by atoms with van der Waals surface area (Å²) in [6, 6.07) is 10.00. The normalized spacial score (nSPS) is 15.4. The summed E-state index contributed by atoms with van der Waals surface area (Å²) < 4.78 is 18.9. The fraction of sp³-hybridized carbons (Fsp3) is 0.381. The van der Waals surface area contributed by atoms with Gasteiger partial charge in [0, 0.05) is 49.0 Å². The summed E-state index contributed by atoms with van der Waals surface area (Å²) in [5, 5.41) is 3.60. The van der Waals surface area contributed by atoms with E-state index >= 15 is 0 Å². The Labute approximate surface area is 170 Å². The first-order valence-electron chi connectivity index (χ1n) is 9.28. The van der Waals surface area contributed by atoms with Crippen molar-refractivity contribution >= 4 is 23.2 Å². The lowest BCUT2D eigenvalue weighted by Crippen LogP contribution is -2.48. The number of piperazine rings is 1. The molecular weight excluding hydrogens is 381 g/mol. The molecule has 1 amide bonds. The molecule has 1 saturated heterocycles. The van der Waals surface area contributed by atoms with Gasteiger partial charge in [0.15, 0.2) is 0 Å². The number of amides is 1. The lowest BCUT2D eigenvalue weighted by atomic mass is 10.1. The highest BCUT2D eigenvalue weighted by molar-refractivity contribution is 6.30. The van der Waals surface area contributed by atoms with Crippen molar-refractivity contribution in [1.29, 1.82) is 0 Å². The number of hydrogen-bond donors (Lipinski definition) is 1. The van der Waals surface area contributed by atoms with E-state index in [0.717, 1.165) is 43.0 Å². The van der Waals surface area contributed by atoms with Crippen LogP contribution in [0.3, 0.4) is 0 Å². The fourth-order valence-electron chi connectivity index (χ4n) is 3.38. The molecule has 0 radical (unpaired) electrons. The molecule has 0 aliphatic carbocycles. The maximum absolute atomic E-state index is 13.5. The van der Waals surface area contributed by atoms with Crippen molar-refractivity contribution in [3.63, 3.8) is 0 Å². The van der Waals surface area contributed by atoms with Crippen LogP contribution in [0.1, 0.15) is 11.1 Å². The van der Waals surface area contributed by atoms with Crippen molar-refractivity contribution in [2.45, 2.75) is 13.5 Å². The summed E-state index contributed by atoms with van der Waals surface area (Å²) in [5.74, 6) is 0.399. The highest BCUT2D eigenvalue weighted by atomic mass is 35.5. The first kappa shape index (κ1) is 20.6. The Morgan fingerprint density at radius 3 is 2.54 bits per heavy atom. The zero-order valence-electron chi connectivity index (χ0n) is 16.2. The summed E-state index contributed by atoms with van der Waals surface area (Å²) in [7, 11) is 1.59. The number of methoxy groups -OCH3 is 1. The van der Waals surface area contributed by atoms with Gasteiger partial charge in [-0.15, -0.1) is 0 Å². The van der Waals surface area contributed by atoms with Crippen LogP contribution in [0.5, 0.6) is 5.75 Å². The summed E-state index contributed by atoms with van der Waals surface area (Å²) >= 11 is 5.95. The highest BCUT2D eigenvalue weighted by Gasteiger charge is 2.20. The lowest BCUT2D eigenvalue weighted by molar-refractivity contribution is -0.117. The van der Waals surface area contributed by atoms with E-state index in [2.05, 4.69) is 15.1 Å². The van der Waals surface area contributed by atoms with Gasteiger partial charge in [-0.3, -0.25) is 14.6 Å². The number of hydrogen-bond acceptors (Lipinski definition) is 4. The smallest absolute Gasteiger partial charge is 0.238 e. The minimum Gasteiger partial charge on any atom is -0.496 e. The molecule has 1 fully saturated rings. The Morgan fingerprint density at radius 2 is 1.86 bits per heavy atom. The topological polar surface area (TPSA) is 44.8 Å². The molecule has 3 rings (SSSR count). The average molecular weight is 406 g/mol. The van der Waals surface area contributed by atoms with Crippen LogP contribution in [-0.2, 0) is 11.3 Å². The molecule has 0 bridgehead atoms. The van der Waals surface area contributed by atoms with Crippen molar-refractivity contribution in [2.24, 2.45) is 0 Å². The standard InChI is InChI=1S/C21H25ClFN3O2/c1-15-11-17(22)3-5-19(15)24-21(27)14-26-9-7-25(8-10-26)13-16-12-18(23)4-6-20(16)28-2/h3-6,11-12H,7-10,13-14H2,1-2H3,(H,24,27). The van der Waals surface area contributed by atoms with E-state index in [-0.39, 0.29) is 11.7 Å². The van der Waals surface area contributed by atoms with Gasteiger partial charge in [0.2, 0.25) is 5.91 Å². The molecule has 1 heterocycles. The number of carbonyl (C=O) groups excluding carboxylic acids is 1. The number of benzene rings is 2. The van der Waals surface area contributed by atoms with Crippen molar-refractivity contribution in [2.75, 3.05) is 45.2 Å². The van der Waals surface area contributed by atoms with E-state index in [9.17, 15) is 9.18 Å². The van der Waals surface area contributed by atoms with Gasteiger partial charge in [-0.2, -0.15) is 0 Å². The minimum atomic E-state index is -0.261. The predicted octanol–water partition coefficient (Wildman–Crippen LogP) is 3.55. The second-order valence-corrected chi connectivity index (χ2v) is 7.45. The molecule has 1 N–H and O–H groups in total. The van der Waals surface area contributed by atoms with Crippen LogP contribution in [0.2, 0.25) is 5.02 Å². The monoisotopic (exact) mass is 405 g/mol. The number of nitrogens with zero attached hydrogens (tertiary/aromatic N) is 2. The number of ether oxygens (including phenoxy) is 1. The Hall–Kier alpha value is -2.15. The predicted molar refractivity (Wildman–Crippen MR) is 109 cm³/mol. The molecule has 0 unspecified atom stereocenters. The van der Waals surface area contributed by atoms with Crippen LogP contribution in [0.25, 0.3) is 0 Å². The molecule has 0 aromatic heterocycles. The second kappa shape index (κ2) is 9.37. The molecule has 1 aliphatic rings. The Morgan fingerprint density at radius 1 is 1.14 bits per heavy atom. The molecule has 0 atom stereocenters. The zero-order chi connectivity index (χ0) is 20.1. The first-order valence-corrected chi connectivity index (χ1v) is 9.65. The minimum absolute atomic E-state index is 0.0364. The third-order valence-corrected chi connectivity index (χ3v) is 5.17. The largest absolute Gasteiger partial charge is 0.496 e. The number of halogens is 2. The lowest BCUT2D eigenvalue weighted by Gasteiger charge is -2.34. The van der Waals surface area contributed by atoms with Crippen molar-refractivity contribution in [1.82, 2.24) is 9.80 Å². The molecule has 28 heavy (non-hydrogen) atoms. The number of carbonyl (C=O) groups is 1. The number of nitrogens with one attached hydrogen (secondary N) is 1. The zero-order valence-corrected chi connectivity index (χ0v) is 16.9. The fourth-order valence-corrected chi connectivity index (χ4v) is 3.60. The number of rotatable bonds is 6. The first-order chi connectivity index (χ1) is 13.4. The van der Waals surface area contributed by atoms with Crippen LogP contribution in [0.4, 0.5) is 10.1 Å². The van der Waals surface area contributed by atoms with Crippen LogP contribution in [0, 0.1) is 12.7 Å². The molecule has 0 spiro atoms. The second-order valence-electron chi connectivity index (χ2n) is 7.02. The quantitative estimate of drug-likeness (QED) is 0.798. The third-order valence-electron chi connectivity index (χ3n) is 4.93. The Kier molecular flexibility index (Phi) is 6.88. The SMILES string of the molecule is COc1ccc(F)cc1CN1CCN(CC(=O)Nc2ccc(Cl)cc2C)CC1. The molecule has 150 valence electrons. The van der Waals surface area contributed by atoms with Crippen LogP contribution in [0.15, 0.2) is 36.4 Å². The molecule has 1 aliphatic heterocycles. The van der Waals surface area contributed by atoms with Gasteiger partial charge in [-0.25, -0.2) is 4.39 Å². The molecule has 7 heteroatoms. The van der Waals surface area contributed by atoms with E-state index in [1.54, 1.807) is 19.2 Å². The molecule has 2 aromatic carbocycles. The van der Waals surface area contributed by atoms with Crippen LogP contribution >= 0.6 is 11.6 Å². The number of aryl methyl sites for hydroxylation is 1. The van der Waals surface area contributed by atoms with Gasteiger partial charge < -0.3 is 10.1 Å². The maximum Gasteiger partial charge on any atom is 0.238 e. The van der Waals surface area contributed by atoms with Gasteiger partial charge in [-0.1, -0.05) is 11.6 Å². The van der Waals surface area contributed by atoms with E-state index in [4.69, 9.17) is 16.3 Å². The Bertz CT molecular complexity index is 838. The molecular formula is C21H25ClFN3O2. The summed E-state index contributed by atoms with van der Waals surface area (Å²) in [6.07, 6.45) is 0. The number of anilines is 1. The van der Waals surface area contributed by atoms with Gasteiger partial charge in [0.25, 0.3) is 0 Å². The van der Waals surface area contributed by atoms with Crippen molar-refractivity contribution in [3.8, 4) is 5.75 Å². The van der Waals surface area contributed by atoms with E-state index < -0.39 is 0 Å². The highest BCUT2D eigenvalue weighted by Crippen LogP contribution is 2.22. The van der Waals surface area contributed by atoms with E-state index in [1.807, 2.05) is 19.1 Å². The van der Waals surface area contributed by atoms with Crippen LogP contribution < -0.4 is 10.1 Å². The van der Waals surface area contributed by atoms with Gasteiger partial charge in [0.05, 0.1) is 13.7 Å². The summed E-state index contributed by atoms with van der Waals surface area (Å²) in [6.45, 7) is 6.08. The molecule has 5 nitrogen and oxygen atoms in total. The van der Waals surface area contributed by atoms with Crippen molar-refractivity contribution < 1.29 is 13.9 Å². The third kappa shape index (κ3) is 5.44. The maximum atomic E-state index is 13.5. The Balaban J connectivity index is 1.49. The van der Waals surface area contributed by atoms with Gasteiger partial charge in [0.1, 0.15) is 11.6 Å². The van der Waals surface area contributed by atoms with E-state index in [0.29, 0.717) is 23.9 Å². The van der Waals surface area contributed by atoms with Gasteiger partial charge in [-0.05, 0) is 48.9 Å². The average Bonchev–Trinajstić information content (AvgIpc) is 2.66. The van der Waals surface area contributed by atoms with Gasteiger partial charge >= 0.3 is 0 Å². The molecule has 0 saturated carbocycles. The summed E-state index contributed by atoms with van der Waals surface area (Å²) in [5.41, 5.74) is 2.56. The molecule has 2 aromatic rings.